The van der Waals surface area contributed by atoms with E-state index in [0.29, 0.717) is 5.52 Å². The maximum atomic E-state index is 10.9. The van der Waals surface area contributed by atoms with Crippen molar-refractivity contribution >= 4 is 18.7 Å². The van der Waals surface area contributed by atoms with Crippen molar-refractivity contribution in [3.8, 4) is 6.01 Å². The van der Waals surface area contributed by atoms with E-state index in [1.807, 2.05) is 18.2 Å². The Morgan fingerprint density at radius 3 is 2.71 bits per heavy atom. The van der Waals surface area contributed by atoms with Gasteiger partial charge in [-0.2, -0.15) is 4.98 Å². The Morgan fingerprint density at radius 1 is 1.36 bits per heavy atom. The zero-order valence-corrected chi connectivity index (χ0v) is 8.07. The van der Waals surface area contributed by atoms with Crippen LogP contribution in [0.15, 0.2) is 24.3 Å². The van der Waals surface area contributed by atoms with E-state index < -0.39 is 7.67 Å². The van der Waals surface area contributed by atoms with Gasteiger partial charge in [0.15, 0.2) is 0 Å². The van der Waals surface area contributed by atoms with E-state index >= 15 is 0 Å². The summed E-state index contributed by atoms with van der Waals surface area (Å²) in [6.45, 7) is 0. The summed E-state index contributed by atoms with van der Waals surface area (Å²) in [5, 5.41) is 0. The second-order valence-corrected chi connectivity index (χ2v) is 4.27. The van der Waals surface area contributed by atoms with Crippen LogP contribution in [0.4, 0.5) is 0 Å². The fourth-order valence-electron chi connectivity index (χ4n) is 1.11. The monoisotopic (exact) mass is 212 g/mol. The van der Waals surface area contributed by atoms with Gasteiger partial charge in [0.2, 0.25) is 0 Å². The number of rotatable bonds is 2. The molecule has 0 aliphatic carbocycles. The summed E-state index contributed by atoms with van der Waals surface area (Å²) in [5.41, 5.74) is 11.6. The fourth-order valence-corrected chi connectivity index (χ4v) is 1.46. The van der Waals surface area contributed by atoms with Crippen molar-refractivity contribution < 1.29 is 9.09 Å². The molecule has 0 fully saturated rings. The number of fused-ring (bicyclic) bond motifs is 1. The largest absolute Gasteiger partial charge is 0.388 e. The van der Waals surface area contributed by atoms with E-state index in [1.54, 1.807) is 6.07 Å². The van der Waals surface area contributed by atoms with Gasteiger partial charge in [-0.1, -0.05) is 12.1 Å². The zero-order valence-electron chi connectivity index (χ0n) is 7.18. The number of hydrogen-bond acceptors (Lipinski definition) is 3. The van der Waals surface area contributed by atoms with E-state index in [2.05, 4.69) is 9.97 Å². The quantitative estimate of drug-likeness (QED) is 0.643. The van der Waals surface area contributed by atoms with Crippen LogP contribution in [0.2, 0.25) is 0 Å². The van der Waals surface area contributed by atoms with Crippen LogP contribution in [0, 0.1) is 0 Å². The summed E-state index contributed by atoms with van der Waals surface area (Å²) in [6.07, 6.45) is 0. The number of aromatic amines is 1. The molecule has 0 radical (unpaired) electrons. The predicted molar refractivity (Wildman–Crippen MR) is 52.7 cm³/mol. The van der Waals surface area contributed by atoms with E-state index in [-0.39, 0.29) is 6.01 Å². The van der Waals surface area contributed by atoms with Crippen LogP contribution in [0.5, 0.6) is 6.01 Å². The molecule has 0 unspecified atom stereocenters. The minimum Gasteiger partial charge on any atom is -0.388 e. The van der Waals surface area contributed by atoms with Crippen LogP contribution in [0.25, 0.3) is 11.0 Å². The zero-order chi connectivity index (χ0) is 10.2. The van der Waals surface area contributed by atoms with Gasteiger partial charge < -0.3 is 9.51 Å². The van der Waals surface area contributed by atoms with Crippen molar-refractivity contribution in [3.63, 3.8) is 0 Å². The molecule has 0 aliphatic rings. The molecule has 1 aromatic carbocycles. The van der Waals surface area contributed by atoms with Crippen molar-refractivity contribution in [2.75, 3.05) is 0 Å². The molecule has 0 atom stereocenters. The molecule has 74 valence electrons. The van der Waals surface area contributed by atoms with Crippen LogP contribution in [0.3, 0.4) is 0 Å². The minimum atomic E-state index is -3.54. The number of nitrogens with two attached hydrogens (primary N) is 2. The lowest BCUT2D eigenvalue weighted by molar-refractivity contribution is 0.467. The summed E-state index contributed by atoms with van der Waals surface area (Å²) in [7, 11) is -3.54. The molecule has 0 amide bonds. The smallest absolute Gasteiger partial charge is 0.387 e. The molecule has 0 saturated carbocycles. The van der Waals surface area contributed by atoms with Crippen LogP contribution >= 0.6 is 7.67 Å². The molecule has 1 aromatic heterocycles. The number of imidazole rings is 1. The summed E-state index contributed by atoms with van der Waals surface area (Å²) < 4.78 is 15.7. The Balaban J connectivity index is 2.41. The first kappa shape index (κ1) is 9.21. The molecule has 14 heavy (non-hydrogen) atoms. The Kier molecular flexibility index (Phi) is 2.03. The second kappa shape index (κ2) is 3.09. The molecule has 5 N–H and O–H groups in total. The standard InChI is InChI=1S/C7H9N4O2P/c8-14(9,12)13-7-10-5-3-1-2-4-6(5)11-7/h1-4H,(H,10,11)(H4,8,9,12). The highest BCUT2D eigenvalue weighted by Crippen LogP contribution is 2.29. The lowest BCUT2D eigenvalue weighted by Gasteiger charge is -2.04. The summed E-state index contributed by atoms with van der Waals surface area (Å²) in [4.78, 5) is 6.77. The van der Waals surface area contributed by atoms with Gasteiger partial charge in [-0.25, -0.2) is 15.6 Å². The number of para-hydroxylation sites is 2. The number of aromatic nitrogens is 2. The van der Waals surface area contributed by atoms with Gasteiger partial charge in [-0.15, -0.1) is 0 Å². The molecule has 1 heterocycles. The van der Waals surface area contributed by atoms with Crippen LogP contribution < -0.4 is 15.5 Å². The highest BCUT2D eigenvalue weighted by atomic mass is 31.2. The molecule has 0 aliphatic heterocycles. The highest BCUT2D eigenvalue weighted by Gasteiger charge is 2.13. The van der Waals surface area contributed by atoms with E-state index in [4.69, 9.17) is 15.5 Å². The lowest BCUT2D eigenvalue weighted by atomic mass is 10.3. The topological polar surface area (TPSA) is 107 Å². The average molecular weight is 212 g/mol. The first-order valence-electron chi connectivity index (χ1n) is 3.86. The van der Waals surface area contributed by atoms with E-state index in [1.165, 1.54) is 0 Å². The molecular weight excluding hydrogens is 203 g/mol. The molecule has 7 heteroatoms. The number of hydrogen-bond donors (Lipinski definition) is 3. The minimum absolute atomic E-state index is 0.0690. The van der Waals surface area contributed by atoms with Gasteiger partial charge in [0.1, 0.15) is 0 Å². The van der Waals surface area contributed by atoms with Crippen molar-refractivity contribution in [1.29, 1.82) is 0 Å². The Labute approximate surface area is 79.8 Å². The molecule has 0 saturated heterocycles. The highest BCUT2D eigenvalue weighted by molar-refractivity contribution is 7.54. The predicted octanol–water partition coefficient (Wildman–Crippen LogP) is 0.967. The Bertz CT molecular complexity index is 470. The third kappa shape index (κ3) is 1.93. The van der Waals surface area contributed by atoms with Crippen molar-refractivity contribution in [2.24, 2.45) is 11.0 Å². The number of nitrogens with zero attached hydrogens (tertiary/aromatic N) is 1. The fraction of sp³-hybridized carbons (Fsp3) is 0. The lowest BCUT2D eigenvalue weighted by Crippen LogP contribution is -2.11. The van der Waals surface area contributed by atoms with Crippen LogP contribution in [0.1, 0.15) is 0 Å². The Hall–Kier alpha value is -1.36. The summed E-state index contributed by atoms with van der Waals surface area (Å²) in [5.74, 6) is 0. The number of H-pyrrole nitrogens is 1. The maximum absolute atomic E-state index is 10.9. The first-order valence-corrected chi connectivity index (χ1v) is 5.62. The van der Waals surface area contributed by atoms with Crippen LogP contribution in [-0.2, 0) is 4.57 Å². The van der Waals surface area contributed by atoms with Gasteiger partial charge in [0.05, 0.1) is 11.0 Å². The van der Waals surface area contributed by atoms with Gasteiger partial charge in [0, 0.05) is 0 Å². The molecule has 2 rings (SSSR count). The maximum Gasteiger partial charge on any atom is 0.387 e. The SMILES string of the molecule is NP(N)(=O)Oc1nc2ccccc2[nH]1. The van der Waals surface area contributed by atoms with E-state index in [0.717, 1.165) is 5.52 Å². The molecule has 0 bridgehead atoms. The van der Waals surface area contributed by atoms with Gasteiger partial charge in [-0.3, -0.25) is 0 Å². The third-order valence-corrected chi connectivity index (χ3v) is 2.06. The number of nitrogens with one attached hydrogen (secondary N) is 1. The molecule has 0 spiro atoms. The van der Waals surface area contributed by atoms with Crippen molar-refractivity contribution in [1.82, 2.24) is 9.97 Å². The van der Waals surface area contributed by atoms with E-state index in [9.17, 15) is 4.57 Å². The third-order valence-electron chi connectivity index (χ3n) is 1.60. The molecular formula is C7H9N4O2P. The summed E-state index contributed by atoms with van der Waals surface area (Å²) in [6, 6.07) is 7.34. The van der Waals surface area contributed by atoms with Gasteiger partial charge in [0.25, 0.3) is 0 Å². The molecule has 2 aromatic rings. The number of benzene rings is 1. The van der Waals surface area contributed by atoms with Crippen molar-refractivity contribution in [3.05, 3.63) is 24.3 Å². The van der Waals surface area contributed by atoms with Gasteiger partial charge >= 0.3 is 13.7 Å². The van der Waals surface area contributed by atoms with Gasteiger partial charge in [-0.05, 0) is 12.1 Å². The van der Waals surface area contributed by atoms with Crippen LogP contribution in [-0.4, -0.2) is 9.97 Å². The van der Waals surface area contributed by atoms with Crippen molar-refractivity contribution in [2.45, 2.75) is 0 Å². The molecule has 6 nitrogen and oxygen atoms in total. The average Bonchev–Trinajstić information content (AvgIpc) is 2.42. The Morgan fingerprint density at radius 2 is 2.07 bits per heavy atom. The first-order chi connectivity index (χ1) is 6.54. The normalized spacial score (nSPS) is 11.9. The second-order valence-electron chi connectivity index (χ2n) is 2.80. The summed E-state index contributed by atoms with van der Waals surface area (Å²) >= 11 is 0.